The van der Waals surface area contributed by atoms with E-state index in [1.807, 2.05) is 0 Å². The summed E-state index contributed by atoms with van der Waals surface area (Å²) in [5, 5.41) is 0. The van der Waals surface area contributed by atoms with Gasteiger partial charge in [0.2, 0.25) is 0 Å². The number of ether oxygens (including phenoxy) is 1. The van der Waals surface area contributed by atoms with Crippen LogP contribution in [0.3, 0.4) is 0 Å². The van der Waals surface area contributed by atoms with E-state index in [1.165, 1.54) is 7.11 Å². The number of sulfone groups is 1. The van der Waals surface area contributed by atoms with Crippen molar-refractivity contribution in [2.75, 3.05) is 18.6 Å². The van der Waals surface area contributed by atoms with Crippen molar-refractivity contribution in [1.29, 1.82) is 0 Å². The molecule has 0 bridgehead atoms. The van der Waals surface area contributed by atoms with Crippen LogP contribution in [0.4, 0.5) is 0 Å². The number of hydrogen-bond acceptors (Lipinski definition) is 4. The molecule has 0 amide bonds. The predicted octanol–water partition coefficient (Wildman–Crippen LogP) is 0.150. The van der Waals surface area contributed by atoms with Gasteiger partial charge >= 0.3 is 5.97 Å². The van der Waals surface area contributed by atoms with Gasteiger partial charge < -0.3 is 4.74 Å². The van der Waals surface area contributed by atoms with Gasteiger partial charge in [-0.25, -0.2) is 13.2 Å². The Hall–Kier alpha value is -0.840. The van der Waals surface area contributed by atoms with Gasteiger partial charge in [0.15, 0.2) is 9.84 Å². The Balaban J connectivity index is 2.67. The van der Waals surface area contributed by atoms with Crippen LogP contribution in [-0.2, 0) is 19.4 Å². The predicted molar refractivity (Wildman–Crippen MR) is 47.9 cm³/mol. The Morgan fingerprint density at radius 1 is 1.54 bits per heavy atom. The first-order valence-electron chi connectivity index (χ1n) is 3.94. The molecule has 0 aromatic carbocycles. The lowest BCUT2D eigenvalue weighted by molar-refractivity contribution is -0.136. The lowest BCUT2D eigenvalue weighted by atomic mass is 10.0. The SMILES string of the molecule is C=C(C(=O)OC)C1CCS(=O)(=O)C1. The molecule has 1 aliphatic rings. The number of carbonyl (C=O) groups excluding carboxylic acids is 1. The molecule has 0 N–H and O–H groups in total. The Morgan fingerprint density at radius 3 is 2.54 bits per heavy atom. The van der Waals surface area contributed by atoms with Crippen LogP contribution >= 0.6 is 0 Å². The molecule has 0 aliphatic carbocycles. The van der Waals surface area contributed by atoms with Crippen LogP contribution in [0.25, 0.3) is 0 Å². The summed E-state index contributed by atoms with van der Waals surface area (Å²) in [4.78, 5) is 11.0. The molecule has 1 atom stereocenters. The van der Waals surface area contributed by atoms with Gasteiger partial charge in [0.1, 0.15) is 0 Å². The van der Waals surface area contributed by atoms with Gasteiger partial charge in [0, 0.05) is 11.5 Å². The third-order valence-electron chi connectivity index (χ3n) is 2.17. The smallest absolute Gasteiger partial charge is 0.333 e. The second-order valence-corrected chi connectivity index (χ2v) is 5.35. The molecule has 0 radical (unpaired) electrons. The fraction of sp³-hybridized carbons (Fsp3) is 0.625. The highest BCUT2D eigenvalue weighted by molar-refractivity contribution is 7.91. The van der Waals surface area contributed by atoms with E-state index in [-0.39, 0.29) is 23.0 Å². The van der Waals surface area contributed by atoms with Crippen LogP contribution in [0.2, 0.25) is 0 Å². The van der Waals surface area contributed by atoms with Crippen LogP contribution in [0.5, 0.6) is 0 Å². The van der Waals surface area contributed by atoms with Crippen molar-refractivity contribution in [1.82, 2.24) is 0 Å². The van der Waals surface area contributed by atoms with Crippen molar-refractivity contribution >= 4 is 15.8 Å². The van der Waals surface area contributed by atoms with E-state index < -0.39 is 15.8 Å². The fourth-order valence-corrected chi connectivity index (χ4v) is 3.16. The number of methoxy groups -OCH3 is 1. The molecular weight excluding hydrogens is 192 g/mol. The summed E-state index contributed by atoms with van der Waals surface area (Å²) in [6, 6.07) is 0. The zero-order valence-electron chi connectivity index (χ0n) is 7.45. The summed E-state index contributed by atoms with van der Waals surface area (Å²) < 4.78 is 26.6. The monoisotopic (exact) mass is 204 g/mol. The van der Waals surface area contributed by atoms with Gasteiger partial charge in [0.25, 0.3) is 0 Å². The third kappa shape index (κ3) is 2.30. The lowest BCUT2D eigenvalue weighted by Gasteiger charge is -2.08. The molecule has 1 heterocycles. The third-order valence-corrected chi connectivity index (χ3v) is 3.94. The average molecular weight is 204 g/mol. The quantitative estimate of drug-likeness (QED) is 0.474. The van der Waals surface area contributed by atoms with E-state index in [2.05, 4.69) is 11.3 Å². The normalized spacial score (nSPS) is 25.5. The highest BCUT2D eigenvalue weighted by Gasteiger charge is 2.32. The Kier molecular flexibility index (Phi) is 2.75. The molecule has 74 valence electrons. The van der Waals surface area contributed by atoms with E-state index in [0.717, 1.165) is 0 Å². The maximum Gasteiger partial charge on any atom is 0.333 e. The van der Waals surface area contributed by atoms with Gasteiger partial charge in [-0.1, -0.05) is 6.58 Å². The standard InChI is InChI=1S/C8H12O4S/c1-6(8(9)12-2)7-3-4-13(10,11)5-7/h7H,1,3-5H2,2H3. The van der Waals surface area contributed by atoms with Crippen LogP contribution in [0.15, 0.2) is 12.2 Å². The molecule has 0 aromatic rings. The van der Waals surface area contributed by atoms with E-state index in [4.69, 9.17) is 0 Å². The minimum absolute atomic E-state index is 0.0287. The van der Waals surface area contributed by atoms with Crippen LogP contribution in [-0.4, -0.2) is 33.0 Å². The van der Waals surface area contributed by atoms with Crippen molar-refractivity contribution in [3.63, 3.8) is 0 Å². The average Bonchev–Trinajstić information content (AvgIpc) is 2.43. The Bertz CT molecular complexity index is 328. The van der Waals surface area contributed by atoms with Crippen molar-refractivity contribution in [3.8, 4) is 0 Å². The second-order valence-electron chi connectivity index (χ2n) is 3.12. The highest BCUT2D eigenvalue weighted by atomic mass is 32.2. The highest BCUT2D eigenvalue weighted by Crippen LogP contribution is 2.24. The van der Waals surface area contributed by atoms with Gasteiger partial charge in [0.05, 0.1) is 18.6 Å². The molecule has 1 fully saturated rings. The fourth-order valence-electron chi connectivity index (χ4n) is 1.37. The topological polar surface area (TPSA) is 60.4 Å². The van der Waals surface area contributed by atoms with Crippen molar-refractivity contribution in [2.45, 2.75) is 6.42 Å². The Labute approximate surface area is 77.5 Å². The van der Waals surface area contributed by atoms with Crippen molar-refractivity contribution in [2.24, 2.45) is 5.92 Å². The zero-order chi connectivity index (χ0) is 10.1. The van der Waals surface area contributed by atoms with Crippen molar-refractivity contribution in [3.05, 3.63) is 12.2 Å². The number of esters is 1. The van der Waals surface area contributed by atoms with Gasteiger partial charge in [-0.05, 0) is 6.42 Å². The van der Waals surface area contributed by atoms with Gasteiger partial charge in [-0.2, -0.15) is 0 Å². The van der Waals surface area contributed by atoms with Gasteiger partial charge in [-0.15, -0.1) is 0 Å². The molecule has 4 nitrogen and oxygen atoms in total. The van der Waals surface area contributed by atoms with Gasteiger partial charge in [-0.3, -0.25) is 0 Å². The summed E-state index contributed by atoms with van der Waals surface area (Å²) in [6.45, 7) is 3.53. The maximum atomic E-state index is 11.1. The van der Waals surface area contributed by atoms with Crippen LogP contribution in [0.1, 0.15) is 6.42 Å². The number of carbonyl (C=O) groups is 1. The molecule has 13 heavy (non-hydrogen) atoms. The first-order chi connectivity index (χ1) is 5.96. The summed E-state index contributed by atoms with van der Waals surface area (Å²) in [6.07, 6.45) is 0.482. The number of hydrogen-bond donors (Lipinski definition) is 0. The maximum absolute atomic E-state index is 11.1. The van der Waals surface area contributed by atoms with E-state index >= 15 is 0 Å². The molecule has 0 aromatic heterocycles. The zero-order valence-corrected chi connectivity index (χ0v) is 8.26. The Morgan fingerprint density at radius 2 is 2.15 bits per heavy atom. The lowest BCUT2D eigenvalue weighted by Crippen LogP contribution is -2.14. The van der Waals surface area contributed by atoms with E-state index in [1.54, 1.807) is 0 Å². The van der Waals surface area contributed by atoms with Crippen LogP contribution in [0, 0.1) is 5.92 Å². The molecule has 1 rings (SSSR count). The summed E-state index contributed by atoms with van der Waals surface area (Å²) in [7, 11) is -1.69. The first kappa shape index (κ1) is 10.2. The summed E-state index contributed by atoms with van der Waals surface area (Å²) >= 11 is 0. The molecule has 0 saturated carbocycles. The molecule has 5 heteroatoms. The minimum atomic E-state index is -2.95. The summed E-state index contributed by atoms with van der Waals surface area (Å²) in [5.74, 6) is -0.589. The number of rotatable bonds is 2. The van der Waals surface area contributed by atoms with Crippen LogP contribution < -0.4 is 0 Å². The second kappa shape index (κ2) is 3.49. The molecule has 0 spiro atoms. The van der Waals surface area contributed by atoms with E-state index in [0.29, 0.717) is 6.42 Å². The molecule has 1 aliphatic heterocycles. The summed E-state index contributed by atoms with van der Waals surface area (Å²) in [5.41, 5.74) is 0.267. The first-order valence-corrected chi connectivity index (χ1v) is 5.76. The van der Waals surface area contributed by atoms with Crippen molar-refractivity contribution < 1.29 is 17.9 Å². The largest absolute Gasteiger partial charge is 0.466 e. The molecule has 1 saturated heterocycles. The molecular formula is C8H12O4S. The minimum Gasteiger partial charge on any atom is -0.466 e. The molecule has 1 unspecified atom stereocenters. The van der Waals surface area contributed by atoms with E-state index in [9.17, 15) is 13.2 Å².